The van der Waals surface area contributed by atoms with Crippen molar-refractivity contribution in [2.75, 3.05) is 12.8 Å². The fourth-order valence-corrected chi connectivity index (χ4v) is 3.06. The van der Waals surface area contributed by atoms with Gasteiger partial charge in [0.1, 0.15) is 5.75 Å². The minimum absolute atomic E-state index is 0.0615. The highest BCUT2D eigenvalue weighted by atomic mass is 35.5. The first kappa shape index (κ1) is 15.7. The van der Waals surface area contributed by atoms with Crippen LogP contribution < -0.4 is 15.8 Å². The molecule has 122 valence electrons. The van der Waals surface area contributed by atoms with Crippen molar-refractivity contribution in [3.63, 3.8) is 0 Å². The predicted octanol–water partition coefficient (Wildman–Crippen LogP) is 2.18. The van der Waals surface area contributed by atoms with Crippen LogP contribution in [0.2, 0.25) is 5.02 Å². The summed E-state index contributed by atoms with van der Waals surface area (Å²) in [5.74, 6) is 0.209. The minimum atomic E-state index is -0.209. The largest absolute Gasteiger partial charge is 0.496 e. The number of nitrogens with zero attached hydrogens (tertiary/aromatic N) is 2. The lowest BCUT2D eigenvalue weighted by molar-refractivity contribution is 0.0928. The van der Waals surface area contributed by atoms with E-state index in [0.717, 1.165) is 25.1 Å². The van der Waals surface area contributed by atoms with E-state index in [9.17, 15) is 4.79 Å². The van der Waals surface area contributed by atoms with Gasteiger partial charge in [0.2, 0.25) is 0 Å². The number of anilines is 1. The van der Waals surface area contributed by atoms with Crippen LogP contribution in [0.5, 0.6) is 5.75 Å². The number of carbonyl (C=O) groups is 1. The standard InChI is InChI=1S/C16H19ClN4O2/c1-9-14-5-10(3-4-21(14)8-19-9)20-16(22)11-6-12(17)13(18)7-15(11)23-2/h6-8,10H,3-5,18H2,1-2H3,(H,20,22). The predicted molar refractivity (Wildman–Crippen MR) is 89.0 cm³/mol. The quantitative estimate of drug-likeness (QED) is 0.843. The van der Waals surface area contributed by atoms with Crippen LogP contribution in [-0.2, 0) is 13.0 Å². The average Bonchev–Trinajstić information content (AvgIpc) is 2.90. The summed E-state index contributed by atoms with van der Waals surface area (Å²) < 4.78 is 7.38. The first-order valence-corrected chi connectivity index (χ1v) is 7.82. The van der Waals surface area contributed by atoms with E-state index in [1.807, 2.05) is 13.3 Å². The molecule has 0 saturated carbocycles. The van der Waals surface area contributed by atoms with E-state index in [-0.39, 0.29) is 11.9 Å². The number of ether oxygens (including phenoxy) is 1. The maximum atomic E-state index is 12.6. The first-order chi connectivity index (χ1) is 11.0. The molecule has 1 aromatic heterocycles. The third-order valence-corrected chi connectivity index (χ3v) is 4.54. The second kappa shape index (κ2) is 6.12. The lowest BCUT2D eigenvalue weighted by atomic mass is 10.0. The normalized spacial score (nSPS) is 16.7. The minimum Gasteiger partial charge on any atom is -0.496 e. The fourth-order valence-electron chi connectivity index (χ4n) is 2.90. The number of methoxy groups -OCH3 is 1. The molecule has 1 atom stereocenters. The molecular formula is C16H19ClN4O2. The number of fused-ring (bicyclic) bond motifs is 1. The highest BCUT2D eigenvalue weighted by Crippen LogP contribution is 2.29. The number of nitrogens with two attached hydrogens (primary N) is 1. The molecule has 1 aromatic carbocycles. The van der Waals surface area contributed by atoms with Crippen molar-refractivity contribution in [1.29, 1.82) is 0 Å². The number of carbonyl (C=O) groups excluding carboxylic acids is 1. The topological polar surface area (TPSA) is 82.2 Å². The summed E-state index contributed by atoms with van der Waals surface area (Å²) in [6.45, 7) is 2.83. The van der Waals surface area contributed by atoms with Crippen molar-refractivity contribution in [2.45, 2.75) is 32.4 Å². The van der Waals surface area contributed by atoms with Gasteiger partial charge in [-0.2, -0.15) is 0 Å². The monoisotopic (exact) mass is 334 g/mol. The van der Waals surface area contributed by atoms with Crippen LogP contribution >= 0.6 is 11.6 Å². The number of nitrogen functional groups attached to an aromatic ring is 1. The summed E-state index contributed by atoms with van der Waals surface area (Å²) in [7, 11) is 1.50. The Hall–Kier alpha value is -2.21. The molecule has 2 aromatic rings. The number of rotatable bonds is 3. The van der Waals surface area contributed by atoms with Crippen LogP contribution in [0.4, 0.5) is 5.69 Å². The molecule has 0 radical (unpaired) electrons. The van der Waals surface area contributed by atoms with Crippen LogP contribution in [0, 0.1) is 6.92 Å². The van der Waals surface area contributed by atoms with Gasteiger partial charge in [0, 0.05) is 30.8 Å². The number of hydrogen-bond donors (Lipinski definition) is 2. The maximum Gasteiger partial charge on any atom is 0.255 e. The molecule has 0 spiro atoms. The second-order valence-corrected chi connectivity index (χ2v) is 6.11. The smallest absolute Gasteiger partial charge is 0.255 e. The number of halogens is 1. The van der Waals surface area contributed by atoms with Gasteiger partial charge in [-0.3, -0.25) is 4.79 Å². The summed E-state index contributed by atoms with van der Waals surface area (Å²) in [5.41, 5.74) is 8.71. The van der Waals surface area contributed by atoms with Crippen molar-refractivity contribution >= 4 is 23.2 Å². The van der Waals surface area contributed by atoms with Gasteiger partial charge in [0.25, 0.3) is 5.91 Å². The Morgan fingerprint density at radius 1 is 1.52 bits per heavy atom. The number of benzene rings is 1. The van der Waals surface area contributed by atoms with Gasteiger partial charge in [-0.15, -0.1) is 0 Å². The van der Waals surface area contributed by atoms with E-state index in [1.165, 1.54) is 12.8 Å². The Morgan fingerprint density at radius 2 is 2.30 bits per heavy atom. The molecule has 0 bridgehead atoms. The summed E-state index contributed by atoms with van der Waals surface area (Å²) in [4.78, 5) is 16.9. The summed E-state index contributed by atoms with van der Waals surface area (Å²) in [6, 6.07) is 3.17. The molecule has 1 aliphatic rings. The van der Waals surface area contributed by atoms with Crippen LogP contribution in [0.3, 0.4) is 0 Å². The van der Waals surface area contributed by atoms with Crippen molar-refractivity contribution in [3.05, 3.63) is 40.4 Å². The van der Waals surface area contributed by atoms with Crippen LogP contribution in [-0.4, -0.2) is 28.6 Å². The third-order valence-electron chi connectivity index (χ3n) is 4.21. The van der Waals surface area contributed by atoms with E-state index in [1.54, 1.807) is 12.1 Å². The van der Waals surface area contributed by atoms with E-state index < -0.39 is 0 Å². The molecule has 1 aliphatic heterocycles. The number of imidazole rings is 1. The first-order valence-electron chi connectivity index (χ1n) is 7.44. The fraction of sp³-hybridized carbons (Fsp3) is 0.375. The Kier molecular flexibility index (Phi) is 4.17. The number of aryl methyl sites for hydroxylation is 2. The highest BCUT2D eigenvalue weighted by molar-refractivity contribution is 6.33. The molecule has 0 aliphatic carbocycles. The van der Waals surface area contributed by atoms with E-state index in [2.05, 4.69) is 14.9 Å². The van der Waals surface area contributed by atoms with E-state index >= 15 is 0 Å². The van der Waals surface area contributed by atoms with Gasteiger partial charge in [-0.1, -0.05) is 11.6 Å². The van der Waals surface area contributed by atoms with Crippen molar-refractivity contribution < 1.29 is 9.53 Å². The Bertz CT molecular complexity index is 757. The second-order valence-electron chi connectivity index (χ2n) is 5.71. The zero-order chi connectivity index (χ0) is 16.6. The third kappa shape index (κ3) is 2.99. The zero-order valence-electron chi connectivity index (χ0n) is 13.1. The Labute approximate surface area is 139 Å². The van der Waals surface area contributed by atoms with Crippen molar-refractivity contribution in [1.82, 2.24) is 14.9 Å². The van der Waals surface area contributed by atoms with Crippen LogP contribution in [0.15, 0.2) is 18.5 Å². The molecular weight excluding hydrogens is 316 g/mol. The lowest BCUT2D eigenvalue weighted by Gasteiger charge is -2.25. The van der Waals surface area contributed by atoms with Crippen LogP contribution in [0.25, 0.3) is 0 Å². The van der Waals surface area contributed by atoms with Gasteiger partial charge in [-0.25, -0.2) is 4.98 Å². The molecule has 1 amide bonds. The van der Waals surface area contributed by atoms with Crippen molar-refractivity contribution in [2.24, 2.45) is 0 Å². The van der Waals surface area contributed by atoms with Gasteiger partial charge in [0.05, 0.1) is 35.4 Å². The maximum absolute atomic E-state index is 12.6. The van der Waals surface area contributed by atoms with Crippen LogP contribution in [0.1, 0.15) is 28.2 Å². The van der Waals surface area contributed by atoms with E-state index in [4.69, 9.17) is 22.1 Å². The number of hydrogen-bond acceptors (Lipinski definition) is 4. The van der Waals surface area contributed by atoms with Gasteiger partial charge in [-0.05, 0) is 19.4 Å². The van der Waals surface area contributed by atoms with Gasteiger partial charge < -0.3 is 20.4 Å². The number of amides is 1. The molecule has 0 fully saturated rings. The number of aromatic nitrogens is 2. The molecule has 2 heterocycles. The average molecular weight is 335 g/mol. The van der Waals surface area contributed by atoms with E-state index in [0.29, 0.717) is 22.0 Å². The molecule has 6 nitrogen and oxygen atoms in total. The molecule has 0 saturated heterocycles. The zero-order valence-corrected chi connectivity index (χ0v) is 13.9. The summed E-state index contributed by atoms with van der Waals surface area (Å²) >= 11 is 6.03. The summed E-state index contributed by atoms with van der Waals surface area (Å²) in [5, 5.41) is 3.40. The lowest BCUT2D eigenvalue weighted by Crippen LogP contribution is -2.40. The highest BCUT2D eigenvalue weighted by Gasteiger charge is 2.24. The van der Waals surface area contributed by atoms with Gasteiger partial charge >= 0.3 is 0 Å². The van der Waals surface area contributed by atoms with Gasteiger partial charge in [0.15, 0.2) is 0 Å². The molecule has 1 unspecified atom stereocenters. The molecule has 3 rings (SSSR count). The molecule has 7 heteroatoms. The Balaban J connectivity index is 1.78. The molecule has 3 N–H and O–H groups in total. The Morgan fingerprint density at radius 3 is 3.04 bits per heavy atom. The number of nitrogens with one attached hydrogen (secondary N) is 1. The molecule has 23 heavy (non-hydrogen) atoms. The summed E-state index contributed by atoms with van der Waals surface area (Å²) in [6.07, 6.45) is 3.48. The SMILES string of the molecule is COc1cc(N)c(Cl)cc1C(=O)NC1CCn2cnc(C)c2C1. The van der Waals surface area contributed by atoms with Crippen molar-refractivity contribution in [3.8, 4) is 5.75 Å².